The van der Waals surface area contributed by atoms with Crippen molar-refractivity contribution in [3.8, 4) is 0 Å². The monoisotopic (exact) mass is 278 g/mol. The van der Waals surface area contributed by atoms with Gasteiger partial charge in [0.2, 0.25) is 5.91 Å². The van der Waals surface area contributed by atoms with E-state index in [1.54, 1.807) is 0 Å². The van der Waals surface area contributed by atoms with Gasteiger partial charge in [0.15, 0.2) is 0 Å². The Morgan fingerprint density at radius 1 is 1.05 bits per heavy atom. The molecule has 4 nitrogen and oxygen atoms in total. The first-order valence-corrected chi connectivity index (χ1v) is 8.10. The molecule has 3 aliphatic rings. The Bertz CT molecular complexity index is 347. The average Bonchev–Trinajstić information content (AvgIpc) is 3.03. The quantitative estimate of drug-likeness (QED) is 0.799. The fraction of sp³-hybridized carbons (Fsp3) is 0.812. The third-order valence-corrected chi connectivity index (χ3v) is 4.96. The predicted molar refractivity (Wildman–Crippen MR) is 78.4 cm³/mol. The van der Waals surface area contributed by atoms with E-state index in [4.69, 9.17) is 4.74 Å². The van der Waals surface area contributed by atoms with Crippen LogP contribution in [0.3, 0.4) is 0 Å². The SMILES string of the molecule is O=C(NC1CCN(C2CCOCC2)CC1)C1CC=CC1. The Morgan fingerprint density at radius 3 is 2.35 bits per heavy atom. The molecule has 112 valence electrons. The van der Waals surface area contributed by atoms with E-state index < -0.39 is 0 Å². The molecule has 0 atom stereocenters. The van der Waals surface area contributed by atoms with E-state index in [2.05, 4.69) is 22.4 Å². The fourth-order valence-corrected chi connectivity index (χ4v) is 3.61. The van der Waals surface area contributed by atoms with E-state index in [1.165, 1.54) is 12.8 Å². The zero-order chi connectivity index (χ0) is 13.8. The number of hydrogen-bond donors (Lipinski definition) is 1. The first-order chi connectivity index (χ1) is 9.83. The highest BCUT2D eigenvalue weighted by Crippen LogP contribution is 2.22. The van der Waals surface area contributed by atoms with E-state index in [-0.39, 0.29) is 11.8 Å². The molecule has 0 bridgehead atoms. The van der Waals surface area contributed by atoms with Crippen LogP contribution in [0.2, 0.25) is 0 Å². The smallest absolute Gasteiger partial charge is 0.223 e. The van der Waals surface area contributed by atoms with Crippen LogP contribution < -0.4 is 5.32 Å². The largest absolute Gasteiger partial charge is 0.381 e. The summed E-state index contributed by atoms with van der Waals surface area (Å²) in [7, 11) is 0. The summed E-state index contributed by atoms with van der Waals surface area (Å²) in [6.07, 6.45) is 10.6. The highest BCUT2D eigenvalue weighted by Gasteiger charge is 2.28. The lowest BCUT2D eigenvalue weighted by Gasteiger charge is -2.39. The summed E-state index contributed by atoms with van der Waals surface area (Å²) in [5, 5.41) is 3.25. The Balaban J connectivity index is 1.40. The second kappa shape index (κ2) is 6.72. The third kappa shape index (κ3) is 3.41. The summed E-state index contributed by atoms with van der Waals surface area (Å²) in [6, 6.07) is 1.10. The van der Waals surface area contributed by atoms with Crippen molar-refractivity contribution in [1.82, 2.24) is 10.2 Å². The number of piperidine rings is 1. The van der Waals surface area contributed by atoms with Crippen molar-refractivity contribution in [1.29, 1.82) is 0 Å². The van der Waals surface area contributed by atoms with Crippen LogP contribution in [0.1, 0.15) is 38.5 Å². The third-order valence-electron chi connectivity index (χ3n) is 4.96. The topological polar surface area (TPSA) is 41.6 Å². The number of carbonyl (C=O) groups is 1. The van der Waals surface area contributed by atoms with Gasteiger partial charge < -0.3 is 15.0 Å². The van der Waals surface area contributed by atoms with Crippen molar-refractivity contribution in [2.24, 2.45) is 5.92 Å². The van der Waals surface area contributed by atoms with Crippen LogP contribution in [-0.2, 0) is 9.53 Å². The Labute approximate surface area is 121 Å². The summed E-state index contributed by atoms with van der Waals surface area (Å²) in [5.74, 6) is 0.461. The van der Waals surface area contributed by atoms with Gasteiger partial charge >= 0.3 is 0 Å². The minimum Gasteiger partial charge on any atom is -0.381 e. The van der Waals surface area contributed by atoms with Gasteiger partial charge in [-0.25, -0.2) is 0 Å². The average molecular weight is 278 g/mol. The molecule has 1 amide bonds. The molecule has 0 spiro atoms. The number of carbonyl (C=O) groups excluding carboxylic acids is 1. The number of nitrogens with zero attached hydrogens (tertiary/aromatic N) is 1. The molecular formula is C16H26N2O2. The molecule has 0 saturated carbocycles. The molecular weight excluding hydrogens is 252 g/mol. The number of amides is 1. The number of nitrogens with one attached hydrogen (secondary N) is 1. The minimum atomic E-state index is 0.198. The van der Waals surface area contributed by atoms with Gasteiger partial charge in [-0.2, -0.15) is 0 Å². The zero-order valence-electron chi connectivity index (χ0n) is 12.2. The summed E-state index contributed by atoms with van der Waals surface area (Å²) < 4.78 is 5.43. The zero-order valence-corrected chi connectivity index (χ0v) is 12.2. The lowest BCUT2D eigenvalue weighted by molar-refractivity contribution is -0.125. The molecule has 1 N–H and O–H groups in total. The molecule has 0 radical (unpaired) electrons. The molecule has 4 heteroatoms. The highest BCUT2D eigenvalue weighted by atomic mass is 16.5. The second-order valence-corrected chi connectivity index (χ2v) is 6.30. The summed E-state index contributed by atoms with van der Waals surface area (Å²) in [5.41, 5.74) is 0. The lowest BCUT2D eigenvalue weighted by atomic mass is 9.98. The van der Waals surface area contributed by atoms with Crippen molar-refractivity contribution < 1.29 is 9.53 Å². The van der Waals surface area contributed by atoms with Gasteiger partial charge in [0.25, 0.3) is 0 Å². The van der Waals surface area contributed by atoms with Crippen molar-refractivity contribution in [2.75, 3.05) is 26.3 Å². The maximum atomic E-state index is 12.1. The van der Waals surface area contributed by atoms with Crippen LogP contribution in [0.4, 0.5) is 0 Å². The van der Waals surface area contributed by atoms with Gasteiger partial charge in [-0.1, -0.05) is 12.2 Å². The van der Waals surface area contributed by atoms with E-state index in [0.717, 1.165) is 52.0 Å². The van der Waals surface area contributed by atoms with Gasteiger partial charge in [-0.15, -0.1) is 0 Å². The molecule has 2 aliphatic heterocycles. The van der Waals surface area contributed by atoms with E-state index in [1.807, 2.05) is 0 Å². The number of ether oxygens (including phenoxy) is 1. The van der Waals surface area contributed by atoms with Gasteiger partial charge in [0.05, 0.1) is 0 Å². The van der Waals surface area contributed by atoms with Crippen LogP contribution in [0.5, 0.6) is 0 Å². The first kappa shape index (κ1) is 14.1. The molecule has 0 unspecified atom stereocenters. The van der Waals surface area contributed by atoms with Crippen LogP contribution in [0, 0.1) is 5.92 Å². The van der Waals surface area contributed by atoms with E-state index in [0.29, 0.717) is 12.1 Å². The van der Waals surface area contributed by atoms with Crippen molar-refractivity contribution in [3.05, 3.63) is 12.2 Å². The van der Waals surface area contributed by atoms with E-state index in [9.17, 15) is 4.79 Å². The number of rotatable bonds is 3. The molecule has 3 rings (SSSR count). The first-order valence-electron chi connectivity index (χ1n) is 8.10. The van der Waals surface area contributed by atoms with Crippen molar-refractivity contribution in [2.45, 2.75) is 50.6 Å². The molecule has 0 aromatic rings. The van der Waals surface area contributed by atoms with Gasteiger partial charge in [-0.3, -0.25) is 4.79 Å². The predicted octanol–water partition coefficient (Wildman–Crippen LogP) is 1.71. The van der Waals surface area contributed by atoms with Crippen LogP contribution in [0.15, 0.2) is 12.2 Å². The fourth-order valence-electron chi connectivity index (χ4n) is 3.61. The molecule has 2 fully saturated rings. The van der Waals surface area contributed by atoms with Gasteiger partial charge in [0, 0.05) is 44.3 Å². The molecule has 20 heavy (non-hydrogen) atoms. The van der Waals surface area contributed by atoms with Crippen LogP contribution in [-0.4, -0.2) is 49.2 Å². The molecule has 0 aromatic carbocycles. The van der Waals surface area contributed by atoms with Crippen LogP contribution >= 0.6 is 0 Å². The Kier molecular flexibility index (Phi) is 4.73. The number of allylic oxidation sites excluding steroid dienone is 2. The number of likely N-dealkylation sites (tertiary alicyclic amines) is 1. The molecule has 2 saturated heterocycles. The maximum Gasteiger partial charge on any atom is 0.223 e. The van der Waals surface area contributed by atoms with Crippen LogP contribution in [0.25, 0.3) is 0 Å². The molecule has 1 aliphatic carbocycles. The summed E-state index contributed by atoms with van der Waals surface area (Å²) in [4.78, 5) is 14.7. The van der Waals surface area contributed by atoms with Gasteiger partial charge in [-0.05, 0) is 38.5 Å². The summed E-state index contributed by atoms with van der Waals surface area (Å²) >= 11 is 0. The maximum absolute atomic E-state index is 12.1. The lowest BCUT2D eigenvalue weighted by Crippen LogP contribution is -2.50. The standard InChI is InChI=1S/C16H26N2O2/c19-16(13-3-1-2-4-13)17-14-5-9-18(10-6-14)15-7-11-20-12-8-15/h1-2,13-15H,3-12H2,(H,17,19). The van der Waals surface area contributed by atoms with E-state index >= 15 is 0 Å². The molecule has 2 heterocycles. The molecule has 0 aromatic heterocycles. The number of hydrogen-bond acceptors (Lipinski definition) is 3. The minimum absolute atomic E-state index is 0.198. The van der Waals surface area contributed by atoms with Crippen molar-refractivity contribution >= 4 is 5.91 Å². The highest BCUT2D eigenvalue weighted by molar-refractivity contribution is 5.79. The second-order valence-electron chi connectivity index (χ2n) is 6.30. The summed E-state index contributed by atoms with van der Waals surface area (Å²) in [6.45, 7) is 4.07. The Morgan fingerprint density at radius 2 is 1.70 bits per heavy atom. The van der Waals surface area contributed by atoms with Gasteiger partial charge in [0.1, 0.15) is 0 Å². The normalized spacial score (nSPS) is 27.0. The Hall–Kier alpha value is -0.870. The van der Waals surface area contributed by atoms with Crippen molar-refractivity contribution in [3.63, 3.8) is 0 Å².